The number of hydrogen-bond acceptors (Lipinski definition) is 1. The molecule has 0 amide bonds. The van der Waals surface area contributed by atoms with Crippen LogP contribution in [-0.2, 0) is 31.6 Å². The Kier molecular flexibility index (Phi) is 8.69. The molecule has 1 atom stereocenters. The molecule has 1 unspecified atom stereocenters. The van der Waals surface area contributed by atoms with Gasteiger partial charge in [0.1, 0.15) is 0 Å². The molecule has 0 radical (unpaired) electrons. The van der Waals surface area contributed by atoms with Crippen LogP contribution in [0.3, 0.4) is 0 Å². The van der Waals surface area contributed by atoms with Gasteiger partial charge >= 0.3 is 132 Å². The van der Waals surface area contributed by atoms with Gasteiger partial charge in [0.05, 0.1) is 0 Å². The minimum atomic E-state index is -0.866. The summed E-state index contributed by atoms with van der Waals surface area (Å²) >= 11 is -0.781. The summed E-state index contributed by atoms with van der Waals surface area (Å²) in [4.78, 5) is 0. The van der Waals surface area contributed by atoms with E-state index in [0.717, 1.165) is 0 Å². The molecule has 21 heavy (non-hydrogen) atoms. The van der Waals surface area contributed by atoms with Crippen LogP contribution in [0.1, 0.15) is 48.0 Å². The first-order valence-electron chi connectivity index (χ1n) is 7.03. The zero-order chi connectivity index (χ0) is 14.2. The fraction of sp³-hybridized carbons (Fsp3) is 0.500. The van der Waals surface area contributed by atoms with Crippen molar-refractivity contribution in [2.45, 2.75) is 49.8 Å². The van der Waals surface area contributed by atoms with Crippen LogP contribution in [0.5, 0.6) is 0 Å². The molecule has 0 bridgehead atoms. The number of fused-ring (bicyclic) bond motifs is 1. The van der Waals surface area contributed by atoms with E-state index in [2.05, 4.69) is 65.1 Å². The van der Waals surface area contributed by atoms with Gasteiger partial charge in [-0.1, -0.05) is 0 Å². The summed E-state index contributed by atoms with van der Waals surface area (Å²) < 4.78 is 6.78. The van der Waals surface area contributed by atoms with Gasteiger partial charge in [-0.15, -0.1) is 0 Å². The van der Waals surface area contributed by atoms with E-state index in [9.17, 15) is 0 Å². The summed E-state index contributed by atoms with van der Waals surface area (Å²) in [5, 5.41) is 0. The Hall–Kier alpha value is 0.600. The molecule has 5 heteroatoms. The summed E-state index contributed by atoms with van der Waals surface area (Å²) in [5.74, 6) is 0. The average Bonchev–Trinajstić information content (AvgIpc) is 2.60. The monoisotopic (exact) mass is 420 g/mol. The Bertz CT molecular complexity index is 509. The molecule has 0 fully saturated rings. The second kappa shape index (κ2) is 8.45. The quantitative estimate of drug-likeness (QED) is 0.536. The predicted molar refractivity (Wildman–Crippen MR) is 81.5 cm³/mol. The number of benzene rings is 1. The van der Waals surface area contributed by atoms with Crippen molar-refractivity contribution in [1.29, 1.82) is 0 Å². The molecular formula is C16H24Cl2OSiZr. The summed E-state index contributed by atoms with van der Waals surface area (Å²) in [7, 11) is -0.866. The molecule has 0 heterocycles. The van der Waals surface area contributed by atoms with Crippen molar-refractivity contribution in [2.24, 2.45) is 0 Å². The van der Waals surface area contributed by atoms with Crippen LogP contribution in [0, 0.1) is 0 Å². The van der Waals surface area contributed by atoms with Crippen LogP contribution in [0.2, 0.25) is 13.1 Å². The van der Waals surface area contributed by atoms with Crippen molar-refractivity contribution in [1.82, 2.24) is 0 Å². The first kappa shape index (κ1) is 21.6. The number of rotatable bonds is 3. The Morgan fingerprint density at radius 3 is 2.29 bits per heavy atom. The minimum Gasteiger partial charge on any atom is -1.00 e. The number of hydrogen-bond donors (Lipinski definition) is 0. The van der Waals surface area contributed by atoms with Crippen LogP contribution < -0.4 is 24.8 Å². The number of allylic oxidation sites excluding steroid dienone is 1. The second-order valence-corrected chi connectivity index (χ2v) is 12.7. The summed E-state index contributed by atoms with van der Waals surface area (Å²) in [6, 6.07) is 6.83. The van der Waals surface area contributed by atoms with Gasteiger partial charge in [-0.05, 0) is 0 Å². The topological polar surface area (TPSA) is 9.23 Å². The predicted octanol–water partition coefficient (Wildman–Crippen LogP) is -1.55. The molecule has 1 aromatic rings. The Labute approximate surface area is 155 Å². The Morgan fingerprint density at radius 2 is 1.76 bits per heavy atom. The van der Waals surface area contributed by atoms with Gasteiger partial charge in [-0.25, -0.2) is 0 Å². The largest absolute Gasteiger partial charge is 1.00 e. The molecule has 116 valence electrons. The molecule has 0 N–H and O–H groups in total. The Morgan fingerprint density at radius 1 is 1.14 bits per heavy atom. The van der Waals surface area contributed by atoms with Gasteiger partial charge in [0.15, 0.2) is 0 Å². The van der Waals surface area contributed by atoms with E-state index in [1.165, 1.54) is 22.3 Å². The van der Waals surface area contributed by atoms with Crippen molar-refractivity contribution in [3.8, 4) is 0 Å². The molecule has 0 saturated carbocycles. The summed E-state index contributed by atoms with van der Waals surface area (Å²) in [6.45, 7) is 13.7. The maximum Gasteiger partial charge on any atom is -1.00 e. The van der Waals surface area contributed by atoms with Crippen LogP contribution >= 0.6 is 0 Å². The van der Waals surface area contributed by atoms with Crippen LogP contribution in [0.25, 0.3) is 6.08 Å². The van der Waals surface area contributed by atoms with E-state index < -0.39 is 32.7 Å². The number of halogens is 2. The van der Waals surface area contributed by atoms with Gasteiger partial charge in [0.25, 0.3) is 0 Å². The molecule has 2 rings (SSSR count). The van der Waals surface area contributed by atoms with E-state index >= 15 is 0 Å². The molecule has 1 aromatic carbocycles. The SMILES string of the molecule is CC1=Cc2c(cccc2C(C)(C)C)[CH]1[Zr+2][O][SiH](C)C.[Cl-].[Cl-]. The van der Waals surface area contributed by atoms with E-state index in [4.69, 9.17) is 2.50 Å². The maximum atomic E-state index is 6.15. The first-order valence-corrected chi connectivity index (χ1v) is 12.2. The maximum absolute atomic E-state index is 6.15. The zero-order valence-electron chi connectivity index (χ0n) is 13.6. The van der Waals surface area contributed by atoms with E-state index in [1.807, 2.05) is 0 Å². The fourth-order valence-electron chi connectivity index (χ4n) is 2.57. The summed E-state index contributed by atoms with van der Waals surface area (Å²) in [6.07, 6.45) is 2.41. The molecule has 0 aromatic heterocycles. The van der Waals surface area contributed by atoms with Gasteiger partial charge in [-0.2, -0.15) is 0 Å². The molecule has 0 aliphatic heterocycles. The Balaban J connectivity index is 0.00000200. The molecule has 1 nitrogen and oxygen atoms in total. The zero-order valence-corrected chi connectivity index (χ0v) is 18.8. The molecular weight excluding hydrogens is 398 g/mol. The fourth-order valence-corrected chi connectivity index (χ4v) is 7.58. The third kappa shape index (κ3) is 5.04. The van der Waals surface area contributed by atoms with Gasteiger partial charge < -0.3 is 24.8 Å². The standard InChI is InChI=1S/C14H17.C2H7OSi.2ClH.Zr/c1-10-8-11-6-5-7-13(12(11)9-10)14(2,3)4;1-4(2)3;;;/h5-9H,1-4H3;4H,1-2H3;2*1H;/q;-1;;;+3/p-2. The van der Waals surface area contributed by atoms with Crippen LogP contribution in [-0.4, -0.2) is 9.04 Å². The normalized spacial score (nSPS) is 16.5. The molecule has 1 aliphatic carbocycles. The van der Waals surface area contributed by atoms with Crippen molar-refractivity contribution < 1.29 is 51.0 Å². The van der Waals surface area contributed by atoms with E-state index in [-0.39, 0.29) is 30.2 Å². The third-order valence-electron chi connectivity index (χ3n) is 3.51. The molecule has 0 saturated heterocycles. The van der Waals surface area contributed by atoms with E-state index in [0.29, 0.717) is 3.63 Å². The van der Waals surface area contributed by atoms with Crippen molar-refractivity contribution in [3.63, 3.8) is 0 Å². The third-order valence-corrected chi connectivity index (χ3v) is 11.1. The van der Waals surface area contributed by atoms with Crippen molar-refractivity contribution in [2.75, 3.05) is 0 Å². The van der Waals surface area contributed by atoms with Gasteiger partial charge in [0.2, 0.25) is 0 Å². The van der Waals surface area contributed by atoms with Crippen LogP contribution in [0.15, 0.2) is 23.8 Å². The van der Waals surface area contributed by atoms with Crippen LogP contribution in [0.4, 0.5) is 0 Å². The summed E-state index contributed by atoms with van der Waals surface area (Å²) in [5.41, 5.74) is 6.23. The average molecular weight is 423 g/mol. The van der Waals surface area contributed by atoms with Crippen molar-refractivity contribution >= 4 is 15.1 Å². The van der Waals surface area contributed by atoms with Gasteiger partial charge in [-0.3, -0.25) is 0 Å². The second-order valence-electron chi connectivity index (χ2n) is 6.66. The van der Waals surface area contributed by atoms with Gasteiger partial charge in [0, 0.05) is 0 Å². The first-order chi connectivity index (χ1) is 8.80. The molecule has 1 aliphatic rings. The minimum absolute atomic E-state index is 0. The smallest absolute Gasteiger partial charge is 1.00 e. The van der Waals surface area contributed by atoms with Crippen molar-refractivity contribution in [3.05, 3.63) is 40.5 Å². The molecule has 0 spiro atoms. The van der Waals surface area contributed by atoms with E-state index in [1.54, 1.807) is 0 Å².